The van der Waals surface area contributed by atoms with Gasteiger partial charge in [0.2, 0.25) is 11.8 Å². The monoisotopic (exact) mass is 397 g/mol. The molecular weight excluding hydrogens is 376 g/mol. The fourth-order valence-corrected chi connectivity index (χ4v) is 4.79. The maximum absolute atomic E-state index is 14.1. The summed E-state index contributed by atoms with van der Waals surface area (Å²) in [6.07, 6.45) is 3.56. The largest absolute Gasteiger partial charge is 0.477 e. The van der Waals surface area contributed by atoms with Crippen LogP contribution in [-0.2, 0) is 4.79 Å². The van der Waals surface area contributed by atoms with Crippen molar-refractivity contribution in [2.24, 2.45) is 10.8 Å². The van der Waals surface area contributed by atoms with Gasteiger partial charge in [0.1, 0.15) is 17.7 Å². The van der Waals surface area contributed by atoms with Gasteiger partial charge in [-0.15, -0.1) is 0 Å². The van der Waals surface area contributed by atoms with Gasteiger partial charge in [-0.1, -0.05) is 6.07 Å². The molecule has 1 atom stereocenters. The summed E-state index contributed by atoms with van der Waals surface area (Å²) in [5.41, 5.74) is -0.110. The summed E-state index contributed by atoms with van der Waals surface area (Å²) in [5.74, 6) is -0.912. The first-order chi connectivity index (χ1) is 13.8. The van der Waals surface area contributed by atoms with E-state index in [0.29, 0.717) is 37.3 Å². The minimum Gasteiger partial charge on any atom is -0.477 e. The molecule has 2 aromatic rings. The predicted molar refractivity (Wildman–Crippen MR) is 101 cm³/mol. The Morgan fingerprint density at radius 1 is 1.28 bits per heavy atom. The maximum atomic E-state index is 14.1. The van der Waals surface area contributed by atoms with Crippen molar-refractivity contribution >= 4 is 5.91 Å². The summed E-state index contributed by atoms with van der Waals surface area (Å²) in [6, 6.07) is 8.35. The number of aromatic nitrogens is 1. The van der Waals surface area contributed by atoms with Crippen molar-refractivity contribution in [2.75, 3.05) is 13.7 Å². The first-order valence-electron chi connectivity index (χ1n) is 9.49. The van der Waals surface area contributed by atoms with E-state index in [2.05, 4.69) is 4.98 Å². The molecule has 2 bridgehead atoms. The van der Waals surface area contributed by atoms with Crippen molar-refractivity contribution in [3.63, 3.8) is 0 Å². The number of hydrogen-bond acceptors (Lipinski definition) is 4. The molecule has 0 N–H and O–H groups in total. The minimum absolute atomic E-state index is 0.0431. The molecule has 1 amide bonds. The van der Waals surface area contributed by atoms with E-state index >= 15 is 0 Å². The number of hydrogen-bond donors (Lipinski definition) is 0. The van der Waals surface area contributed by atoms with E-state index in [0.717, 1.165) is 0 Å². The molecule has 1 aromatic carbocycles. The van der Waals surface area contributed by atoms with Crippen LogP contribution < -0.4 is 4.74 Å². The molecule has 150 valence electrons. The van der Waals surface area contributed by atoms with Gasteiger partial charge in [0, 0.05) is 30.3 Å². The lowest BCUT2D eigenvalue weighted by Crippen LogP contribution is -2.69. The molecule has 1 heterocycles. The van der Waals surface area contributed by atoms with Crippen molar-refractivity contribution in [3.8, 4) is 11.9 Å². The Hall–Kier alpha value is -3.01. The summed E-state index contributed by atoms with van der Waals surface area (Å²) in [7, 11) is 1.60. The highest BCUT2D eigenvalue weighted by Gasteiger charge is 2.72. The van der Waals surface area contributed by atoms with Gasteiger partial charge in [-0.2, -0.15) is 5.26 Å². The van der Waals surface area contributed by atoms with Gasteiger partial charge in [-0.3, -0.25) is 4.79 Å². The third-order valence-electron chi connectivity index (χ3n) is 6.30. The van der Waals surface area contributed by atoms with Crippen molar-refractivity contribution in [3.05, 3.63) is 59.3 Å². The molecule has 3 saturated carbocycles. The summed E-state index contributed by atoms with van der Waals surface area (Å²) < 4.78 is 33.9. The zero-order chi connectivity index (χ0) is 20.8. The number of carbonyl (C=O) groups excluding carboxylic acids is 1. The van der Waals surface area contributed by atoms with Crippen molar-refractivity contribution in [1.29, 1.82) is 5.26 Å². The van der Waals surface area contributed by atoms with E-state index in [9.17, 15) is 13.6 Å². The van der Waals surface area contributed by atoms with E-state index in [-0.39, 0.29) is 16.9 Å². The number of halogens is 2. The number of nitriles is 1. The second-order valence-electron chi connectivity index (χ2n) is 8.32. The summed E-state index contributed by atoms with van der Waals surface area (Å²) in [4.78, 5) is 18.5. The average molecular weight is 397 g/mol. The van der Waals surface area contributed by atoms with Crippen LogP contribution >= 0.6 is 0 Å². The van der Waals surface area contributed by atoms with Crippen LogP contribution in [0, 0.1) is 33.8 Å². The molecule has 1 aromatic heterocycles. The number of carbonyl (C=O) groups is 1. The lowest BCUT2D eigenvalue weighted by molar-refractivity contribution is -0.226. The summed E-state index contributed by atoms with van der Waals surface area (Å²) in [6.45, 7) is 2.10. The Morgan fingerprint density at radius 2 is 1.93 bits per heavy atom. The smallest absolute Gasteiger partial charge is 0.229 e. The molecular formula is C22H21F2N3O2. The Morgan fingerprint density at radius 3 is 2.48 bits per heavy atom. The van der Waals surface area contributed by atoms with Crippen LogP contribution in [0.25, 0.3) is 0 Å². The van der Waals surface area contributed by atoms with E-state index in [4.69, 9.17) is 10.00 Å². The average Bonchev–Trinajstić information content (AvgIpc) is 2.65. The van der Waals surface area contributed by atoms with Crippen LogP contribution in [0.2, 0.25) is 0 Å². The molecule has 3 fully saturated rings. The van der Waals surface area contributed by atoms with Gasteiger partial charge in [0.15, 0.2) is 0 Å². The van der Waals surface area contributed by atoms with Crippen LogP contribution in [0.4, 0.5) is 8.78 Å². The highest BCUT2D eigenvalue weighted by Crippen LogP contribution is 2.74. The second kappa shape index (κ2) is 6.80. The van der Waals surface area contributed by atoms with E-state index in [1.807, 2.05) is 6.07 Å². The van der Waals surface area contributed by atoms with E-state index in [1.54, 1.807) is 26.1 Å². The Kier molecular flexibility index (Phi) is 4.53. The highest BCUT2D eigenvalue weighted by molar-refractivity contribution is 5.86. The minimum atomic E-state index is -0.687. The van der Waals surface area contributed by atoms with Crippen molar-refractivity contribution in [1.82, 2.24) is 9.88 Å². The van der Waals surface area contributed by atoms with Crippen LogP contribution in [0.3, 0.4) is 0 Å². The van der Waals surface area contributed by atoms with Crippen molar-refractivity contribution < 1.29 is 18.3 Å². The quantitative estimate of drug-likeness (QED) is 0.739. The molecule has 0 unspecified atom stereocenters. The summed E-state index contributed by atoms with van der Waals surface area (Å²) in [5, 5.41) is 8.80. The first-order valence-corrected chi connectivity index (χ1v) is 9.49. The third kappa shape index (κ3) is 3.13. The lowest BCUT2D eigenvalue weighted by Gasteiger charge is -2.69. The zero-order valence-electron chi connectivity index (χ0n) is 16.3. The number of rotatable bonds is 6. The van der Waals surface area contributed by atoms with Gasteiger partial charge < -0.3 is 9.64 Å². The van der Waals surface area contributed by atoms with Gasteiger partial charge in [-0.05, 0) is 44.4 Å². The fraction of sp³-hybridized carbons (Fsp3) is 0.409. The van der Waals surface area contributed by atoms with Crippen LogP contribution in [0.15, 0.2) is 36.5 Å². The number of amides is 1. The second-order valence-corrected chi connectivity index (χ2v) is 8.32. The normalized spacial score (nSPS) is 25.2. The zero-order valence-corrected chi connectivity index (χ0v) is 16.3. The topological polar surface area (TPSA) is 66.2 Å². The Labute approximate surface area is 167 Å². The summed E-state index contributed by atoms with van der Waals surface area (Å²) >= 11 is 0. The highest BCUT2D eigenvalue weighted by atomic mass is 19.1. The molecule has 3 aliphatic rings. The lowest BCUT2D eigenvalue weighted by atomic mass is 9.35. The van der Waals surface area contributed by atoms with E-state index < -0.39 is 23.1 Å². The number of pyridine rings is 1. The Balaban J connectivity index is 1.35. The van der Waals surface area contributed by atoms with Gasteiger partial charge in [-0.25, -0.2) is 13.8 Å². The molecule has 5 nitrogen and oxygen atoms in total. The standard InChI is InChI=1S/C22H21F2N3O2/c1-14(19-16(23)4-3-5-17(19)24)27(2)20(28)22-10-21(11-22,12-22)13-29-18-7-6-15(8-25)9-26-18/h3-7,9,14H,10-13H2,1-2H3/t14-,21?,22?/m0/s1. The molecule has 5 rings (SSSR count). The van der Waals surface area contributed by atoms with Gasteiger partial charge in [0.25, 0.3) is 0 Å². The SMILES string of the molecule is C[C@@H](c1c(F)cccc1F)N(C)C(=O)C12CC(COc3ccc(C#N)cn3)(C1)C2. The third-order valence-corrected chi connectivity index (χ3v) is 6.30. The van der Waals surface area contributed by atoms with Crippen LogP contribution in [0.5, 0.6) is 5.88 Å². The number of benzene rings is 1. The van der Waals surface area contributed by atoms with Crippen molar-refractivity contribution in [2.45, 2.75) is 32.2 Å². The molecule has 0 saturated heterocycles. The fourth-order valence-electron chi connectivity index (χ4n) is 4.79. The molecule has 3 aliphatic carbocycles. The maximum Gasteiger partial charge on any atom is 0.229 e. The van der Waals surface area contributed by atoms with Crippen LogP contribution in [-0.4, -0.2) is 29.4 Å². The number of ether oxygens (including phenoxy) is 1. The molecule has 0 spiro atoms. The first kappa shape index (κ1) is 19.3. The van der Waals surface area contributed by atoms with E-state index in [1.165, 1.54) is 29.3 Å². The predicted octanol–water partition coefficient (Wildman–Crippen LogP) is 4.00. The molecule has 7 heteroatoms. The Bertz CT molecular complexity index is 960. The van der Waals surface area contributed by atoms with Crippen LogP contribution in [0.1, 0.15) is 43.4 Å². The van der Waals surface area contributed by atoms with Gasteiger partial charge in [0.05, 0.1) is 23.6 Å². The molecule has 0 aliphatic heterocycles. The van der Waals surface area contributed by atoms with Gasteiger partial charge >= 0.3 is 0 Å². The molecule has 0 radical (unpaired) electrons. The number of nitrogens with zero attached hydrogens (tertiary/aromatic N) is 3. The molecule has 29 heavy (non-hydrogen) atoms.